The summed E-state index contributed by atoms with van der Waals surface area (Å²) in [4.78, 5) is 1.41. The van der Waals surface area contributed by atoms with Gasteiger partial charge in [-0.15, -0.1) is 11.3 Å². The topological polar surface area (TPSA) is 21.3 Å². The number of nitrogens with one attached hydrogen (secondary N) is 1. The van der Waals surface area contributed by atoms with Crippen LogP contribution in [0.3, 0.4) is 0 Å². The zero-order chi connectivity index (χ0) is 12.8. The van der Waals surface area contributed by atoms with Gasteiger partial charge in [0.25, 0.3) is 0 Å². The highest BCUT2D eigenvalue weighted by atomic mass is 32.1. The standard InChI is InChI=1S/C15H19NOS/c1-12-5-3-4-6-14(12)17-9-8-16-11-15-13(2)7-10-18-15/h3-7,10,16H,8-9,11H2,1-2H3. The van der Waals surface area contributed by atoms with Crippen molar-refractivity contribution in [2.45, 2.75) is 20.4 Å². The Morgan fingerprint density at radius 3 is 2.67 bits per heavy atom. The number of hydrogen-bond donors (Lipinski definition) is 1. The summed E-state index contributed by atoms with van der Waals surface area (Å²) in [6.45, 7) is 6.72. The number of ether oxygens (including phenoxy) is 1. The zero-order valence-corrected chi connectivity index (χ0v) is 11.7. The molecule has 1 aromatic heterocycles. The normalized spacial score (nSPS) is 10.6. The third-order valence-corrected chi connectivity index (χ3v) is 3.91. The molecular formula is C15H19NOS. The number of rotatable bonds is 6. The molecule has 1 heterocycles. The van der Waals surface area contributed by atoms with Gasteiger partial charge in [-0.25, -0.2) is 0 Å². The molecule has 0 fully saturated rings. The van der Waals surface area contributed by atoms with Crippen molar-refractivity contribution in [3.63, 3.8) is 0 Å². The van der Waals surface area contributed by atoms with Crippen molar-refractivity contribution in [3.05, 3.63) is 51.7 Å². The van der Waals surface area contributed by atoms with Crippen LogP contribution in [-0.2, 0) is 6.54 Å². The van der Waals surface area contributed by atoms with Gasteiger partial charge < -0.3 is 10.1 Å². The summed E-state index contributed by atoms with van der Waals surface area (Å²) in [7, 11) is 0. The van der Waals surface area contributed by atoms with E-state index < -0.39 is 0 Å². The summed E-state index contributed by atoms with van der Waals surface area (Å²) in [5.74, 6) is 0.978. The summed E-state index contributed by atoms with van der Waals surface area (Å²) < 4.78 is 5.73. The molecule has 2 nitrogen and oxygen atoms in total. The minimum atomic E-state index is 0.704. The van der Waals surface area contributed by atoms with Gasteiger partial charge in [0.1, 0.15) is 12.4 Å². The molecule has 0 saturated heterocycles. The highest BCUT2D eigenvalue weighted by molar-refractivity contribution is 7.10. The first-order chi connectivity index (χ1) is 8.77. The Hall–Kier alpha value is -1.32. The van der Waals surface area contributed by atoms with E-state index in [0.29, 0.717) is 6.61 Å². The van der Waals surface area contributed by atoms with E-state index in [4.69, 9.17) is 4.74 Å². The fourth-order valence-electron chi connectivity index (χ4n) is 1.74. The predicted octanol–water partition coefficient (Wildman–Crippen LogP) is 3.53. The van der Waals surface area contributed by atoms with E-state index in [1.807, 2.05) is 18.2 Å². The smallest absolute Gasteiger partial charge is 0.122 e. The SMILES string of the molecule is Cc1ccccc1OCCNCc1sccc1C. The van der Waals surface area contributed by atoms with Crippen LogP contribution in [0.15, 0.2) is 35.7 Å². The average molecular weight is 261 g/mol. The lowest BCUT2D eigenvalue weighted by atomic mass is 10.2. The van der Waals surface area contributed by atoms with Crippen molar-refractivity contribution in [1.29, 1.82) is 0 Å². The maximum absolute atomic E-state index is 5.73. The van der Waals surface area contributed by atoms with Crippen molar-refractivity contribution in [2.75, 3.05) is 13.2 Å². The number of para-hydroxylation sites is 1. The van der Waals surface area contributed by atoms with Gasteiger partial charge in [0.05, 0.1) is 0 Å². The molecule has 2 rings (SSSR count). The minimum absolute atomic E-state index is 0.704. The molecule has 3 heteroatoms. The molecule has 0 spiro atoms. The molecule has 18 heavy (non-hydrogen) atoms. The van der Waals surface area contributed by atoms with E-state index in [-0.39, 0.29) is 0 Å². The van der Waals surface area contributed by atoms with Gasteiger partial charge in [0.2, 0.25) is 0 Å². The van der Waals surface area contributed by atoms with Crippen LogP contribution in [0.2, 0.25) is 0 Å². The summed E-state index contributed by atoms with van der Waals surface area (Å²) >= 11 is 1.80. The zero-order valence-electron chi connectivity index (χ0n) is 10.9. The molecule has 1 N–H and O–H groups in total. The maximum atomic E-state index is 5.73. The molecule has 0 aliphatic rings. The van der Waals surface area contributed by atoms with Crippen LogP contribution in [-0.4, -0.2) is 13.2 Å². The molecule has 0 bridgehead atoms. The van der Waals surface area contributed by atoms with Gasteiger partial charge in [0.15, 0.2) is 0 Å². The highest BCUT2D eigenvalue weighted by Crippen LogP contribution is 2.16. The van der Waals surface area contributed by atoms with Gasteiger partial charge in [-0.1, -0.05) is 18.2 Å². The molecule has 1 aromatic carbocycles. The summed E-state index contributed by atoms with van der Waals surface area (Å²) in [5.41, 5.74) is 2.55. The second-order valence-corrected chi connectivity index (χ2v) is 5.32. The second-order valence-electron chi connectivity index (χ2n) is 4.32. The Labute approximate surface area is 113 Å². The van der Waals surface area contributed by atoms with Gasteiger partial charge in [0, 0.05) is 18.0 Å². The van der Waals surface area contributed by atoms with Crippen molar-refractivity contribution < 1.29 is 4.74 Å². The summed E-state index contributed by atoms with van der Waals surface area (Å²) in [6.07, 6.45) is 0. The number of thiophene rings is 1. The quantitative estimate of drug-likeness (QED) is 0.803. The molecule has 0 atom stereocenters. The molecule has 96 valence electrons. The van der Waals surface area contributed by atoms with Crippen LogP contribution >= 0.6 is 11.3 Å². The largest absolute Gasteiger partial charge is 0.492 e. The predicted molar refractivity (Wildman–Crippen MR) is 77.4 cm³/mol. The lowest BCUT2D eigenvalue weighted by Crippen LogP contribution is -2.20. The van der Waals surface area contributed by atoms with Crippen LogP contribution in [0.5, 0.6) is 5.75 Å². The van der Waals surface area contributed by atoms with Crippen molar-refractivity contribution in [3.8, 4) is 5.75 Å². The van der Waals surface area contributed by atoms with Gasteiger partial charge in [-0.3, -0.25) is 0 Å². The monoisotopic (exact) mass is 261 g/mol. The van der Waals surface area contributed by atoms with Crippen LogP contribution in [0.1, 0.15) is 16.0 Å². The fraction of sp³-hybridized carbons (Fsp3) is 0.333. The number of benzene rings is 1. The van der Waals surface area contributed by atoms with Crippen LogP contribution in [0.4, 0.5) is 0 Å². The Morgan fingerprint density at radius 2 is 1.94 bits per heavy atom. The van der Waals surface area contributed by atoms with Gasteiger partial charge in [-0.05, 0) is 42.5 Å². The summed E-state index contributed by atoms with van der Waals surface area (Å²) in [6, 6.07) is 10.3. The van der Waals surface area contributed by atoms with E-state index in [9.17, 15) is 0 Å². The van der Waals surface area contributed by atoms with E-state index in [0.717, 1.165) is 18.8 Å². The Morgan fingerprint density at radius 1 is 1.11 bits per heavy atom. The Bertz CT molecular complexity index is 493. The lowest BCUT2D eigenvalue weighted by Gasteiger charge is -2.09. The molecular weight excluding hydrogens is 242 g/mol. The van der Waals surface area contributed by atoms with Crippen molar-refractivity contribution >= 4 is 11.3 Å². The molecule has 2 aromatic rings. The highest BCUT2D eigenvalue weighted by Gasteiger charge is 1.99. The van der Waals surface area contributed by atoms with E-state index >= 15 is 0 Å². The molecule has 0 unspecified atom stereocenters. The molecule has 0 aliphatic heterocycles. The molecule has 0 radical (unpaired) electrons. The number of hydrogen-bond acceptors (Lipinski definition) is 3. The molecule has 0 aliphatic carbocycles. The Balaban J connectivity index is 1.68. The first-order valence-electron chi connectivity index (χ1n) is 6.19. The van der Waals surface area contributed by atoms with Gasteiger partial charge >= 0.3 is 0 Å². The van der Waals surface area contributed by atoms with Gasteiger partial charge in [-0.2, -0.15) is 0 Å². The number of aryl methyl sites for hydroxylation is 2. The molecule has 0 saturated carbocycles. The van der Waals surface area contributed by atoms with E-state index in [1.165, 1.54) is 16.0 Å². The maximum Gasteiger partial charge on any atom is 0.122 e. The lowest BCUT2D eigenvalue weighted by molar-refractivity contribution is 0.312. The van der Waals surface area contributed by atoms with E-state index in [2.05, 4.69) is 36.7 Å². The summed E-state index contributed by atoms with van der Waals surface area (Å²) in [5, 5.41) is 5.54. The Kier molecular flexibility index (Phi) is 4.79. The van der Waals surface area contributed by atoms with Crippen molar-refractivity contribution in [1.82, 2.24) is 5.32 Å². The van der Waals surface area contributed by atoms with Crippen LogP contribution in [0, 0.1) is 13.8 Å². The second kappa shape index (κ2) is 6.57. The third-order valence-electron chi connectivity index (χ3n) is 2.88. The van der Waals surface area contributed by atoms with Crippen LogP contribution < -0.4 is 10.1 Å². The first kappa shape index (κ1) is 13.1. The van der Waals surface area contributed by atoms with E-state index in [1.54, 1.807) is 11.3 Å². The average Bonchev–Trinajstić information content (AvgIpc) is 2.77. The van der Waals surface area contributed by atoms with Crippen LogP contribution in [0.25, 0.3) is 0 Å². The molecule has 0 amide bonds. The third kappa shape index (κ3) is 3.59. The fourth-order valence-corrected chi connectivity index (χ4v) is 2.61. The first-order valence-corrected chi connectivity index (χ1v) is 7.07. The minimum Gasteiger partial charge on any atom is -0.492 e. The van der Waals surface area contributed by atoms with Crippen molar-refractivity contribution in [2.24, 2.45) is 0 Å².